The van der Waals surface area contributed by atoms with E-state index >= 15 is 0 Å². The third-order valence-corrected chi connectivity index (χ3v) is 3.99. The van der Waals surface area contributed by atoms with Gasteiger partial charge in [0, 0.05) is 12.3 Å². The van der Waals surface area contributed by atoms with Gasteiger partial charge in [-0.25, -0.2) is 4.98 Å². The fourth-order valence-corrected chi connectivity index (χ4v) is 2.80. The molecule has 0 unspecified atom stereocenters. The molecule has 0 bridgehead atoms. The van der Waals surface area contributed by atoms with Crippen LogP contribution in [0, 0.1) is 0 Å². The fraction of sp³-hybridized carbons (Fsp3) is 0.0526. The normalized spacial score (nSPS) is 12.9. The zero-order valence-electron chi connectivity index (χ0n) is 14.1. The van der Waals surface area contributed by atoms with E-state index in [0.29, 0.717) is 11.4 Å². The van der Waals surface area contributed by atoms with Crippen molar-refractivity contribution < 1.29 is 27.4 Å². The standard InChI is InChI=1S/C19H12F3N3O3/c20-19(21,22)28-12-2-4-16-14(9-12)25-18(26)13-7-10(1-3-15(13)27-16)11-5-6-24-17(23)8-11/h1-9H,(H2,23,24)(H,25,26). The van der Waals surface area contributed by atoms with Gasteiger partial charge in [-0.15, -0.1) is 13.2 Å². The van der Waals surface area contributed by atoms with Crippen molar-refractivity contribution in [3.8, 4) is 28.4 Å². The molecule has 0 saturated carbocycles. The van der Waals surface area contributed by atoms with Crippen LogP contribution in [0.5, 0.6) is 17.2 Å². The van der Waals surface area contributed by atoms with Crippen molar-refractivity contribution in [2.45, 2.75) is 6.36 Å². The van der Waals surface area contributed by atoms with Gasteiger partial charge in [-0.2, -0.15) is 0 Å². The first-order chi connectivity index (χ1) is 13.3. The van der Waals surface area contributed by atoms with E-state index in [4.69, 9.17) is 10.5 Å². The van der Waals surface area contributed by atoms with Gasteiger partial charge in [0.05, 0.1) is 11.3 Å². The molecule has 142 valence electrons. The van der Waals surface area contributed by atoms with Gasteiger partial charge in [0.2, 0.25) is 0 Å². The number of carbonyl (C=O) groups excluding carboxylic acids is 1. The highest BCUT2D eigenvalue weighted by Gasteiger charge is 2.32. The largest absolute Gasteiger partial charge is 0.573 e. The summed E-state index contributed by atoms with van der Waals surface area (Å²) < 4.78 is 46.9. The number of alkyl halides is 3. The monoisotopic (exact) mass is 387 g/mol. The quantitative estimate of drug-likeness (QED) is 0.672. The van der Waals surface area contributed by atoms with Crippen LogP contribution < -0.4 is 20.5 Å². The number of hydrogen-bond acceptors (Lipinski definition) is 5. The molecule has 28 heavy (non-hydrogen) atoms. The first-order valence-electron chi connectivity index (χ1n) is 8.03. The van der Waals surface area contributed by atoms with Crippen LogP contribution in [-0.4, -0.2) is 17.3 Å². The molecule has 0 spiro atoms. The predicted molar refractivity (Wildman–Crippen MR) is 95.2 cm³/mol. The van der Waals surface area contributed by atoms with Crippen LogP contribution in [0.25, 0.3) is 11.1 Å². The van der Waals surface area contributed by atoms with E-state index in [0.717, 1.165) is 17.7 Å². The van der Waals surface area contributed by atoms with Gasteiger partial charge >= 0.3 is 6.36 Å². The van der Waals surface area contributed by atoms with E-state index in [1.165, 1.54) is 6.07 Å². The van der Waals surface area contributed by atoms with Crippen LogP contribution in [0.4, 0.5) is 24.7 Å². The maximum absolute atomic E-state index is 12.6. The Balaban J connectivity index is 1.70. The maximum atomic E-state index is 12.6. The number of anilines is 2. The molecule has 9 heteroatoms. The Morgan fingerprint density at radius 3 is 2.50 bits per heavy atom. The number of nitrogens with one attached hydrogen (secondary N) is 1. The first-order valence-corrected chi connectivity index (χ1v) is 8.03. The number of amides is 1. The van der Waals surface area contributed by atoms with Crippen molar-refractivity contribution in [3.63, 3.8) is 0 Å². The van der Waals surface area contributed by atoms with Crippen molar-refractivity contribution in [2.24, 2.45) is 0 Å². The number of nitrogens with zero attached hydrogens (tertiary/aromatic N) is 1. The summed E-state index contributed by atoms with van der Waals surface area (Å²) in [5.74, 6) is -0.192. The Morgan fingerprint density at radius 2 is 1.75 bits per heavy atom. The highest BCUT2D eigenvalue weighted by molar-refractivity contribution is 6.08. The first kappa shape index (κ1) is 17.7. The number of hydrogen-bond donors (Lipinski definition) is 2. The zero-order chi connectivity index (χ0) is 19.9. The smallest absolute Gasteiger partial charge is 0.454 e. The molecule has 1 aliphatic heterocycles. The number of carbonyl (C=O) groups is 1. The summed E-state index contributed by atoms with van der Waals surface area (Å²) in [5.41, 5.74) is 7.45. The summed E-state index contributed by atoms with van der Waals surface area (Å²) in [5, 5.41) is 2.55. The summed E-state index contributed by atoms with van der Waals surface area (Å²) >= 11 is 0. The molecule has 0 saturated heterocycles. The maximum Gasteiger partial charge on any atom is 0.573 e. The molecule has 0 radical (unpaired) electrons. The van der Waals surface area contributed by atoms with Crippen LogP contribution in [0.1, 0.15) is 10.4 Å². The zero-order valence-corrected chi connectivity index (χ0v) is 14.1. The second-order valence-electron chi connectivity index (χ2n) is 5.94. The molecule has 1 amide bonds. The lowest BCUT2D eigenvalue weighted by Gasteiger charge is -2.12. The number of benzene rings is 2. The van der Waals surface area contributed by atoms with Crippen molar-refractivity contribution >= 4 is 17.4 Å². The SMILES string of the molecule is Nc1cc(-c2ccc3c(c2)C(=O)Nc2cc(OC(F)(F)F)ccc2O3)ccn1. The number of rotatable bonds is 2. The topological polar surface area (TPSA) is 86.5 Å². The van der Waals surface area contributed by atoms with Gasteiger partial charge < -0.3 is 20.5 Å². The van der Waals surface area contributed by atoms with Gasteiger partial charge in [-0.3, -0.25) is 4.79 Å². The Kier molecular flexibility index (Phi) is 4.07. The Labute approximate surface area is 156 Å². The van der Waals surface area contributed by atoms with E-state index in [-0.39, 0.29) is 22.7 Å². The molecular weight excluding hydrogens is 375 g/mol. The lowest BCUT2D eigenvalue weighted by Crippen LogP contribution is -2.17. The molecule has 2 aromatic carbocycles. The Morgan fingerprint density at radius 1 is 1.00 bits per heavy atom. The third-order valence-electron chi connectivity index (χ3n) is 3.99. The molecule has 3 aromatic rings. The van der Waals surface area contributed by atoms with Crippen molar-refractivity contribution in [2.75, 3.05) is 11.1 Å². The molecule has 1 aromatic heterocycles. The van der Waals surface area contributed by atoms with Crippen LogP contribution in [0.2, 0.25) is 0 Å². The Hall–Kier alpha value is -3.75. The number of ether oxygens (including phenoxy) is 2. The molecule has 2 heterocycles. The van der Waals surface area contributed by atoms with Gasteiger partial charge in [-0.1, -0.05) is 6.07 Å². The average Bonchev–Trinajstić information content (AvgIpc) is 2.75. The summed E-state index contributed by atoms with van der Waals surface area (Å²) in [4.78, 5) is 16.5. The number of halogens is 3. The Bertz CT molecular complexity index is 1080. The molecule has 0 aliphatic carbocycles. The minimum absolute atomic E-state index is 0.0673. The van der Waals surface area contributed by atoms with Crippen LogP contribution in [-0.2, 0) is 0 Å². The van der Waals surface area contributed by atoms with Crippen LogP contribution in [0.3, 0.4) is 0 Å². The second-order valence-corrected chi connectivity index (χ2v) is 5.94. The van der Waals surface area contributed by atoms with Gasteiger partial charge in [0.25, 0.3) is 5.91 Å². The van der Waals surface area contributed by atoms with E-state index in [9.17, 15) is 18.0 Å². The number of nitrogen functional groups attached to an aromatic ring is 1. The highest BCUT2D eigenvalue weighted by Crippen LogP contribution is 2.39. The molecule has 3 N–H and O–H groups in total. The molecule has 6 nitrogen and oxygen atoms in total. The fourth-order valence-electron chi connectivity index (χ4n) is 2.80. The van der Waals surface area contributed by atoms with E-state index < -0.39 is 18.0 Å². The summed E-state index contributed by atoms with van der Waals surface area (Å²) in [6.07, 6.45) is -3.29. The van der Waals surface area contributed by atoms with Gasteiger partial charge in [0.1, 0.15) is 17.3 Å². The predicted octanol–water partition coefficient (Wildman–Crippen LogP) is 4.59. The van der Waals surface area contributed by atoms with Crippen molar-refractivity contribution in [1.29, 1.82) is 0 Å². The van der Waals surface area contributed by atoms with Crippen molar-refractivity contribution in [3.05, 3.63) is 60.3 Å². The van der Waals surface area contributed by atoms with Gasteiger partial charge in [-0.05, 0) is 47.5 Å². The highest BCUT2D eigenvalue weighted by atomic mass is 19.4. The summed E-state index contributed by atoms with van der Waals surface area (Å²) in [6, 6.07) is 11.8. The average molecular weight is 387 g/mol. The number of nitrogens with two attached hydrogens (primary N) is 1. The summed E-state index contributed by atoms with van der Waals surface area (Å²) in [7, 11) is 0. The minimum atomic E-state index is -4.84. The lowest BCUT2D eigenvalue weighted by molar-refractivity contribution is -0.274. The number of aromatic nitrogens is 1. The molecule has 1 aliphatic rings. The third kappa shape index (κ3) is 3.54. The van der Waals surface area contributed by atoms with Gasteiger partial charge in [0.15, 0.2) is 5.75 Å². The molecule has 0 fully saturated rings. The van der Waals surface area contributed by atoms with E-state index in [2.05, 4.69) is 15.0 Å². The minimum Gasteiger partial charge on any atom is -0.454 e. The molecular formula is C19H12F3N3O3. The van der Waals surface area contributed by atoms with E-state index in [1.807, 2.05) is 0 Å². The number of fused-ring (bicyclic) bond motifs is 2. The summed E-state index contributed by atoms with van der Waals surface area (Å²) in [6.45, 7) is 0. The van der Waals surface area contributed by atoms with Crippen LogP contribution >= 0.6 is 0 Å². The van der Waals surface area contributed by atoms with Crippen molar-refractivity contribution in [1.82, 2.24) is 4.98 Å². The molecule has 0 atom stereocenters. The second kappa shape index (κ2) is 6.45. The lowest BCUT2D eigenvalue weighted by atomic mass is 10.0. The van der Waals surface area contributed by atoms with Crippen LogP contribution in [0.15, 0.2) is 54.7 Å². The number of pyridine rings is 1. The molecule has 4 rings (SSSR count). The van der Waals surface area contributed by atoms with E-state index in [1.54, 1.807) is 36.5 Å².